The van der Waals surface area contributed by atoms with Crippen LogP contribution in [0.3, 0.4) is 0 Å². The molecule has 0 aromatic heterocycles. The van der Waals surface area contributed by atoms with E-state index in [1.54, 1.807) is 39.5 Å². The molecular weight excluding hydrogens is 344 g/mol. The SMILES string of the molecule is COc1cccc(CCNC(C)CC(=O)Nc2cc(OC)ccc2OC)c1. The Morgan fingerprint density at radius 2 is 1.74 bits per heavy atom. The van der Waals surface area contributed by atoms with Gasteiger partial charge in [0.25, 0.3) is 0 Å². The van der Waals surface area contributed by atoms with E-state index in [0.717, 1.165) is 18.7 Å². The fourth-order valence-corrected chi connectivity index (χ4v) is 2.75. The second kappa shape index (κ2) is 10.4. The molecule has 1 atom stereocenters. The third-order valence-electron chi connectivity index (χ3n) is 4.21. The van der Waals surface area contributed by atoms with Gasteiger partial charge in [0.15, 0.2) is 0 Å². The summed E-state index contributed by atoms with van der Waals surface area (Å²) in [6, 6.07) is 13.3. The molecule has 6 heteroatoms. The summed E-state index contributed by atoms with van der Waals surface area (Å²) in [6.07, 6.45) is 1.23. The number of ether oxygens (including phenoxy) is 3. The Hall–Kier alpha value is -2.73. The highest BCUT2D eigenvalue weighted by Gasteiger charge is 2.12. The largest absolute Gasteiger partial charge is 0.497 e. The third kappa shape index (κ3) is 6.49. The molecule has 0 aliphatic rings. The van der Waals surface area contributed by atoms with Crippen LogP contribution in [-0.4, -0.2) is 39.8 Å². The molecule has 0 saturated carbocycles. The number of hydrogen-bond donors (Lipinski definition) is 2. The number of carbonyl (C=O) groups is 1. The van der Waals surface area contributed by atoms with Crippen LogP contribution in [0.5, 0.6) is 17.2 Å². The van der Waals surface area contributed by atoms with Gasteiger partial charge in [-0.1, -0.05) is 12.1 Å². The van der Waals surface area contributed by atoms with Crippen molar-refractivity contribution in [2.75, 3.05) is 33.2 Å². The molecule has 27 heavy (non-hydrogen) atoms. The molecule has 0 spiro atoms. The maximum absolute atomic E-state index is 12.3. The predicted molar refractivity (Wildman–Crippen MR) is 107 cm³/mol. The van der Waals surface area contributed by atoms with Crippen LogP contribution in [0, 0.1) is 0 Å². The van der Waals surface area contributed by atoms with E-state index in [0.29, 0.717) is 23.6 Å². The summed E-state index contributed by atoms with van der Waals surface area (Å²) >= 11 is 0. The van der Waals surface area contributed by atoms with Gasteiger partial charge in [0, 0.05) is 18.5 Å². The maximum Gasteiger partial charge on any atom is 0.226 e. The first-order valence-electron chi connectivity index (χ1n) is 8.94. The molecule has 0 heterocycles. The van der Waals surface area contributed by atoms with Crippen LogP contribution in [0.25, 0.3) is 0 Å². The summed E-state index contributed by atoms with van der Waals surface area (Å²) in [7, 11) is 4.82. The fraction of sp³-hybridized carbons (Fsp3) is 0.381. The van der Waals surface area contributed by atoms with Gasteiger partial charge in [0.2, 0.25) is 5.91 Å². The van der Waals surface area contributed by atoms with E-state index in [2.05, 4.69) is 16.7 Å². The molecule has 2 aromatic rings. The number of hydrogen-bond acceptors (Lipinski definition) is 5. The van der Waals surface area contributed by atoms with E-state index < -0.39 is 0 Å². The number of anilines is 1. The van der Waals surface area contributed by atoms with Crippen LogP contribution in [0.1, 0.15) is 18.9 Å². The zero-order chi connectivity index (χ0) is 19.6. The van der Waals surface area contributed by atoms with Gasteiger partial charge in [0.05, 0.1) is 27.0 Å². The lowest BCUT2D eigenvalue weighted by molar-refractivity contribution is -0.116. The second-order valence-electron chi connectivity index (χ2n) is 6.28. The molecule has 1 amide bonds. The van der Waals surface area contributed by atoms with Crippen molar-refractivity contribution < 1.29 is 19.0 Å². The van der Waals surface area contributed by atoms with Crippen molar-refractivity contribution in [3.05, 3.63) is 48.0 Å². The average Bonchev–Trinajstić information content (AvgIpc) is 2.67. The summed E-state index contributed by atoms with van der Waals surface area (Å²) in [5.74, 6) is 2.04. The molecule has 0 radical (unpaired) electrons. The normalized spacial score (nSPS) is 11.6. The number of nitrogens with one attached hydrogen (secondary N) is 2. The smallest absolute Gasteiger partial charge is 0.226 e. The number of methoxy groups -OCH3 is 3. The lowest BCUT2D eigenvalue weighted by Crippen LogP contribution is -2.32. The van der Waals surface area contributed by atoms with E-state index >= 15 is 0 Å². The molecule has 2 rings (SSSR count). The van der Waals surface area contributed by atoms with Crippen LogP contribution in [0.4, 0.5) is 5.69 Å². The molecule has 2 aromatic carbocycles. The molecule has 0 fully saturated rings. The van der Waals surface area contributed by atoms with E-state index in [9.17, 15) is 4.79 Å². The minimum Gasteiger partial charge on any atom is -0.497 e. The minimum absolute atomic E-state index is 0.0483. The fourth-order valence-electron chi connectivity index (χ4n) is 2.75. The third-order valence-corrected chi connectivity index (χ3v) is 4.21. The van der Waals surface area contributed by atoms with Crippen molar-refractivity contribution in [2.45, 2.75) is 25.8 Å². The Balaban J connectivity index is 1.81. The van der Waals surface area contributed by atoms with Crippen molar-refractivity contribution in [3.8, 4) is 17.2 Å². The van der Waals surface area contributed by atoms with Crippen LogP contribution in [-0.2, 0) is 11.2 Å². The monoisotopic (exact) mass is 372 g/mol. The highest BCUT2D eigenvalue weighted by molar-refractivity contribution is 5.92. The van der Waals surface area contributed by atoms with Gasteiger partial charge in [-0.05, 0) is 49.7 Å². The highest BCUT2D eigenvalue weighted by atomic mass is 16.5. The molecule has 146 valence electrons. The van der Waals surface area contributed by atoms with Crippen molar-refractivity contribution >= 4 is 11.6 Å². The van der Waals surface area contributed by atoms with Crippen molar-refractivity contribution in [1.29, 1.82) is 0 Å². The zero-order valence-corrected chi connectivity index (χ0v) is 16.4. The van der Waals surface area contributed by atoms with Gasteiger partial charge in [-0.3, -0.25) is 4.79 Å². The van der Waals surface area contributed by atoms with Crippen LogP contribution >= 0.6 is 0 Å². The number of carbonyl (C=O) groups excluding carboxylic acids is 1. The highest BCUT2D eigenvalue weighted by Crippen LogP contribution is 2.29. The number of amides is 1. The van der Waals surface area contributed by atoms with E-state index in [4.69, 9.17) is 14.2 Å². The van der Waals surface area contributed by atoms with E-state index in [1.807, 2.05) is 25.1 Å². The molecular formula is C21H28N2O4. The van der Waals surface area contributed by atoms with Gasteiger partial charge in [-0.2, -0.15) is 0 Å². The van der Waals surface area contributed by atoms with Gasteiger partial charge in [-0.15, -0.1) is 0 Å². The molecule has 6 nitrogen and oxygen atoms in total. The number of benzene rings is 2. The van der Waals surface area contributed by atoms with Crippen LogP contribution in [0.2, 0.25) is 0 Å². The quantitative estimate of drug-likeness (QED) is 0.670. The lowest BCUT2D eigenvalue weighted by Gasteiger charge is -2.15. The molecule has 1 unspecified atom stereocenters. The van der Waals surface area contributed by atoms with Gasteiger partial charge in [0.1, 0.15) is 17.2 Å². The van der Waals surface area contributed by atoms with E-state index in [1.165, 1.54) is 5.56 Å². The maximum atomic E-state index is 12.3. The molecule has 2 N–H and O–H groups in total. The topological polar surface area (TPSA) is 68.8 Å². The first-order valence-corrected chi connectivity index (χ1v) is 8.94. The summed E-state index contributed by atoms with van der Waals surface area (Å²) in [6.45, 7) is 2.78. The lowest BCUT2D eigenvalue weighted by atomic mass is 10.1. The molecule has 0 bridgehead atoms. The standard InChI is InChI=1S/C21H28N2O4/c1-15(22-11-10-16-6-5-7-17(13-16)25-2)12-21(24)23-19-14-18(26-3)8-9-20(19)27-4/h5-9,13-15,22H,10-12H2,1-4H3,(H,23,24). The van der Waals surface area contributed by atoms with Crippen molar-refractivity contribution in [2.24, 2.45) is 0 Å². The molecule has 0 aliphatic carbocycles. The molecule has 0 saturated heterocycles. The first-order chi connectivity index (χ1) is 13.0. The summed E-state index contributed by atoms with van der Waals surface area (Å²) < 4.78 is 15.7. The number of rotatable bonds is 10. The van der Waals surface area contributed by atoms with Gasteiger partial charge in [-0.25, -0.2) is 0 Å². The Labute approximate surface area is 160 Å². The second-order valence-corrected chi connectivity index (χ2v) is 6.28. The summed E-state index contributed by atoms with van der Waals surface area (Å²) in [5.41, 5.74) is 1.80. The Kier molecular flexibility index (Phi) is 7.95. The summed E-state index contributed by atoms with van der Waals surface area (Å²) in [5, 5.41) is 6.27. The van der Waals surface area contributed by atoms with E-state index in [-0.39, 0.29) is 11.9 Å². The first kappa shape index (κ1) is 20.6. The molecule has 0 aliphatic heterocycles. The Morgan fingerprint density at radius 1 is 1.00 bits per heavy atom. The van der Waals surface area contributed by atoms with Crippen molar-refractivity contribution in [1.82, 2.24) is 5.32 Å². The summed E-state index contributed by atoms with van der Waals surface area (Å²) in [4.78, 5) is 12.3. The Morgan fingerprint density at radius 3 is 2.44 bits per heavy atom. The van der Waals surface area contributed by atoms with Crippen molar-refractivity contribution in [3.63, 3.8) is 0 Å². The van der Waals surface area contributed by atoms with Gasteiger partial charge < -0.3 is 24.8 Å². The minimum atomic E-state index is -0.0806. The average molecular weight is 372 g/mol. The zero-order valence-electron chi connectivity index (χ0n) is 16.4. The predicted octanol–water partition coefficient (Wildman–Crippen LogP) is 3.26. The van der Waals surface area contributed by atoms with Crippen LogP contribution < -0.4 is 24.8 Å². The van der Waals surface area contributed by atoms with Gasteiger partial charge >= 0.3 is 0 Å². The Bertz CT molecular complexity index is 749. The van der Waals surface area contributed by atoms with Crippen LogP contribution in [0.15, 0.2) is 42.5 Å².